The molecule has 1 fully saturated rings. The maximum atomic E-state index is 8.88. The van der Waals surface area contributed by atoms with Crippen LogP contribution in [0.25, 0.3) is 0 Å². The predicted octanol–water partition coefficient (Wildman–Crippen LogP) is -2.58. The van der Waals surface area contributed by atoms with Gasteiger partial charge in [-0.1, -0.05) is 0 Å². The summed E-state index contributed by atoms with van der Waals surface area (Å²) in [6.45, 7) is -0.153. The highest BCUT2D eigenvalue weighted by Crippen LogP contribution is 2.12. The van der Waals surface area contributed by atoms with Crippen LogP contribution in [0, 0.1) is 0 Å². The molecule has 1 heterocycles. The fourth-order valence-corrected chi connectivity index (χ4v) is 0.791. The summed E-state index contributed by atoms with van der Waals surface area (Å²) in [5.74, 6) is 0. The van der Waals surface area contributed by atoms with Gasteiger partial charge < -0.3 is 25.2 Å². The number of ether oxygens (including phenoxy) is 1. The van der Waals surface area contributed by atoms with Gasteiger partial charge in [0.2, 0.25) is 0 Å². The number of hydrogen-bond acceptors (Lipinski definition) is 5. The first-order valence-electron chi connectivity index (χ1n) is 2.97. The molecular weight excluding hydrogens is 141 g/mol. The minimum absolute atomic E-state index is 0.153. The molecular formula is C5H10O5. The van der Waals surface area contributed by atoms with Gasteiger partial charge in [-0.15, -0.1) is 0 Å². The zero-order valence-corrected chi connectivity index (χ0v) is 5.21. The van der Waals surface area contributed by atoms with Crippen molar-refractivity contribution in [3.05, 3.63) is 0 Å². The molecule has 4 N–H and O–H groups in total. The molecule has 0 bridgehead atoms. The summed E-state index contributed by atoms with van der Waals surface area (Å²) in [6.07, 6.45) is -5.23. The molecule has 10 heavy (non-hydrogen) atoms. The summed E-state index contributed by atoms with van der Waals surface area (Å²) >= 11 is 0. The van der Waals surface area contributed by atoms with Crippen LogP contribution in [-0.4, -0.2) is 51.6 Å². The van der Waals surface area contributed by atoms with Crippen molar-refractivity contribution in [3.8, 4) is 0 Å². The van der Waals surface area contributed by atoms with E-state index in [9.17, 15) is 0 Å². The van der Waals surface area contributed by atoms with Gasteiger partial charge in [0.15, 0.2) is 6.29 Å². The molecule has 4 atom stereocenters. The van der Waals surface area contributed by atoms with Crippen molar-refractivity contribution in [3.63, 3.8) is 0 Å². The second-order valence-electron chi connectivity index (χ2n) is 2.27. The maximum absolute atomic E-state index is 8.88. The van der Waals surface area contributed by atoms with E-state index in [1.54, 1.807) is 0 Å². The molecule has 0 amide bonds. The molecule has 5 nitrogen and oxygen atoms in total. The monoisotopic (exact) mass is 151 g/mol. The van der Waals surface area contributed by atoms with Gasteiger partial charge in [0.1, 0.15) is 18.3 Å². The quantitative estimate of drug-likeness (QED) is 0.285. The van der Waals surface area contributed by atoms with Crippen LogP contribution in [0.2, 0.25) is 0 Å². The molecule has 1 aliphatic heterocycles. The van der Waals surface area contributed by atoms with Crippen molar-refractivity contribution in [2.45, 2.75) is 24.6 Å². The zero-order valence-electron chi connectivity index (χ0n) is 5.21. The molecule has 0 saturated carbocycles. The van der Waals surface area contributed by atoms with Crippen molar-refractivity contribution in [2.24, 2.45) is 0 Å². The van der Waals surface area contributed by atoms with Gasteiger partial charge in [0.05, 0.1) is 6.61 Å². The lowest BCUT2D eigenvalue weighted by atomic mass is 10.1. The molecule has 2 unspecified atom stereocenters. The van der Waals surface area contributed by atoms with Crippen LogP contribution in [-0.2, 0) is 4.74 Å². The summed E-state index contributed by atoms with van der Waals surface area (Å²) in [5, 5.41) is 35.3. The second-order valence-corrected chi connectivity index (χ2v) is 2.27. The van der Waals surface area contributed by atoms with E-state index in [0.29, 0.717) is 0 Å². The topological polar surface area (TPSA) is 90.2 Å². The molecule has 1 saturated heterocycles. The van der Waals surface area contributed by atoms with Gasteiger partial charge in [-0.2, -0.15) is 0 Å². The molecule has 0 aromatic rings. The lowest BCUT2D eigenvalue weighted by Gasteiger charge is -2.31. The first-order valence-corrected chi connectivity index (χ1v) is 2.97. The third-order valence-electron chi connectivity index (χ3n) is 1.47. The summed E-state index contributed by atoms with van der Waals surface area (Å²) in [5.41, 5.74) is 0. The van der Waals surface area contributed by atoms with Crippen LogP contribution in [0.15, 0.2) is 0 Å². The molecule has 0 aliphatic carbocycles. The Morgan fingerprint density at radius 2 is 1.60 bits per heavy atom. The SMILES string of the molecule is OC1C(O)[13C@@H](O)OC[C@H]1O. The van der Waals surface area contributed by atoms with E-state index >= 15 is 0 Å². The van der Waals surface area contributed by atoms with Crippen LogP contribution in [0.3, 0.4) is 0 Å². The number of aliphatic hydroxyl groups is 4. The zero-order chi connectivity index (χ0) is 7.72. The molecule has 1 rings (SSSR count). The Morgan fingerprint density at radius 3 is 2.10 bits per heavy atom. The normalized spacial score (nSPS) is 49.2. The van der Waals surface area contributed by atoms with Gasteiger partial charge in [0.25, 0.3) is 0 Å². The number of hydrogen-bond donors (Lipinski definition) is 4. The van der Waals surface area contributed by atoms with Gasteiger partial charge in [0, 0.05) is 0 Å². The Hall–Kier alpha value is -0.200. The Morgan fingerprint density at radius 1 is 1.00 bits per heavy atom. The molecule has 0 aromatic carbocycles. The van der Waals surface area contributed by atoms with Gasteiger partial charge >= 0.3 is 0 Å². The fourth-order valence-electron chi connectivity index (χ4n) is 0.791. The van der Waals surface area contributed by atoms with E-state index in [4.69, 9.17) is 20.4 Å². The molecule has 0 radical (unpaired) electrons. The number of aliphatic hydroxyl groups excluding tert-OH is 4. The summed E-state index contributed by atoms with van der Waals surface area (Å²) < 4.78 is 4.47. The smallest absolute Gasteiger partial charge is 0.183 e. The first kappa shape index (κ1) is 7.90. The van der Waals surface area contributed by atoms with Crippen LogP contribution in [0.4, 0.5) is 0 Å². The standard InChI is InChI=1S/C5H10O5/c6-2-1-10-5(9)4(8)3(2)7/h2-9H,1H2/t2-,3?,4?,5+/m1/s1/i5+1. The fraction of sp³-hybridized carbons (Fsp3) is 1.00. The van der Waals surface area contributed by atoms with Crippen LogP contribution in [0.5, 0.6) is 0 Å². The van der Waals surface area contributed by atoms with Crippen LogP contribution < -0.4 is 0 Å². The lowest BCUT2D eigenvalue weighted by molar-refractivity contribution is -0.252. The van der Waals surface area contributed by atoms with Crippen molar-refractivity contribution in [1.29, 1.82) is 0 Å². The third-order valence-corrected chi connectivity index (χ3v) is 1.47. The van der Waals surface area contributed by atoms with E-state index in [0.717, 1.165) is 0 Å². The summed E-state index contributed by atoms with van der Waals surface area (Å²) in [4.78, 5) is 0. The Bertz CT molecular complexity index is 103. The minimum Gasteiger partial charge on any atom is -0.388 e. The van der Waals surface area contributed by atoms with E-state index in [1.165, 1.54) is 0 Å². The van der Waals surface area contributed by atoms with Gasteiger partial charge in [-0.05, 0) is 0 Å². The van der Waals surface area contributed by atoms with Crippen molar-refractivity contribution < 1.29 is 25.2 Å². The molecule has 0 aromatic heterocycles. The highest BCUT2D eigenvalue weighted by atomic mass is 16.7. The second kappa shape index (κ2) is 2.81. The minimum atomic E-state index is -1.41. The lowest BCUT2D eigenvalue weighted by Crippen LogP contribution is -2.52. The van der Waals surface area contributed by atoms with Crippen molar-refractivity contribution in [1.82, 2.24) is 0 Å². The van der Waals surface area contributed by atoms with E-state index < -0.39 is 24.6 Å². The third kappa shape index (κ3) is 1.28. The summed E-state index contributed by atoms with van der Waals surface area (Å²) in [6, 6.07) is 0. The number of rotatable bonds is 0. The van der Waals surface area contributed by atoms with Crippen LogP contribution in [0.1, 0.15) is 0 Å². The Labute approximate surface area is 57.5 Å². The highest BCUT2D eigenvalue weighted by molar-refractivity contribution is 4.81. The summed E-state index contributed by atoms with van der Waals surface area (Å²) in [7, 11) is 0. The first-order chi connectivity index (χ1) is 4.63. The van der Waals surface area contributed by atoms with Gasteiger partial charge in [-0.3, -0.25) is 0 Å². The Balaban J connectivity index is 2.52. The van der Waals surface area contributed by atoms with E-state index in [2.05, 4.69) is 4.74 Å². The predicted molar refractivity (Wildman–Crippen MR) is 30.0 cm³/mol. The molecule has 1 aliphatic rings. The van der Waals surface area contributed by atoms with E-state index in [-0.39, 0.29) is 6.61 Å². The van der Waals surface area contributed by atoms with Crippen molar-refractivity contribution in [2.75, 3.05) is 6.61 Å². The largest absolute Gasteiger partial charge is 0.388 e. The van der Waals surface area contributed by atoms with Crippen molar-refractivity contribution >= 4 is 0 Å². The van der Waals surface area contributed by atoms with Crippen LogP contribution >= 0.6 is 0 Å². The average molecular weight is 151 g/mol. The average Bonchev–Trinajstić information content (AvgIpc) is 1.93. The Kier molecular flexibility index (Phi) is 2.22. The maximum Gasteiger partial charge on any atom is 0.183 e. The van der Waals surface area contributed by atoms with E-state index in [1.807, 2.05) is 0 Å². The molecule has 0 spiro atoms. The molecule has 60 valence electrons. The highest BCUT2D eigenvalue weighted by Gasteiger charge is 2.36. The van der Waals surface area contributed by atoms with Gasteiger partial charge in [-0.25, -0.2) is 0 Å². The molecule has 5 heteroatoms.